The van der Waals surface area contributed by atoms with E-state index in [1.807, 2.05) is 13.8 Å². The van der Waals surface area contributed by atoms with E-state index in [1.165, 1.54) is 6.07 Å². The van der Waals surface area contributed by atoms with Gasteiger partial charge in [0.2, 0.25) is 0 Å². The smallest absolute Gasteiger partial charge is 0.335 e. The minimum Gasteiger partial charge on any atom is -0.478 e. The maximum atomic E-state index is 12.0. The normalized spacial score (nSPS) is 15.9. The van der Waals surface area contributed by atoms with Crippen LogP contribution in [0.5, 0.6) is 0 Å². The molecule has 0 spiro atoms. The van der Waals surface area contributed by atoms with Crippen molar-refractivity contribution in [3.8, 4) is 0 Å². The largest absolute Gasteiger partial charge is 0.478 e. The summed E-state index contributed by atoms with van der Waals surface area (Å²) in [5.41, 5.74) is 0.743. The van der Waals surface area contributed by atoms with E-state index in [4.69, 9.17) is 5.11 Å². The molecule has 92 valence electrons. The zero-order valence-corrected chi connectivity index (χ0v) is 10.1. The van der Waals surface area contributed by atoms with Crippen LogP contribution in [0.2, 0.25) is 0 Å². The van der Waals surface area contributed by atoms with Gasteiger partial charge in [-0.2, -0.15) is 0 Å². The van der Waals surface area contributed by atoms with Crippen LogP contribution >= 0.6 is 0 Å². The first-order valence-electron chi connectivity index (χ1n) is 6.00. The summed E-state index contributed by atoms with van der Waals surface area (Å²) in [4.78, 5) is 22.9. The second-order valence-electron chi connectivity index (χ2n) is 4.92. The van der Waals surface area contributed by atoms with Crippen LogP contribution < -0.4 is 5.56 Å². The number of aromatic nitrogens is 1. The molecule has 0 saturated heterocycles. The average Bonchev–Trinajstić information content (AvgIpc) is 2.17. The van der Waals surface area contributed by atoms with E-state index in [0.717, 1.165) is 25.0 Å². The Morgan fingerprint density at radius 1 is 1.41 bits per heavy atom. The van der Waals surface area contributed by atoms with Crippen molar-refractivity contribution in [1.29, 1.82) is 0 Å². The van der Waals surface area contributed by atoms with Gasteiger partial charge < -0.3 is 9.67 Å². The summed E-state index contributed by atoms with van der Waals surface area (Å²) in [6.45, 7) is 3.96. The lowest BCUT2D eigenvalue weighted by Gasteiger charge is -2.31. The fourth-order valence-corrected chi connectivity index (χ4v) is 2.20. The number of aromatic carboxylic acids is 1. The highest BCUT2D eigenvalue weighted by atomic mass is 16.4. The van der Waals surface area contributed by atoms with Gasteiger partial charge >= 0.3 is 5.97 Å². The molecule has 0 amide bonds. The van der Waals surface area contributed by atoms with Crippen molar-refractivity contribution in [3.63, 3.8) is 0 Å². The van der Waals surface area contributed by atoms with E-state index in [-0.39, 0.29) is 23.1 Å². The first-order valence-corrected chi connectivity index (χ1v) is 6.00. The van der Waals surface area contributed by atoms with Crippen molar-refractivity contribution in [3.05, 3.63) is 33.7 Å². The molecular weight excluding hydrogens is 218 g/mol. The molecule has 0 radical (unpaired) electrons. The van der Waals surface area contributed by atoms with Gasteiger partial charge in [0.1, 0.15) is 0 Å². The van der Waals surface area contributed by atoms with Crippen LogP contribution in [0.25, 0.3) is 0 Å². The molecule has 0 aliphatic heterocycles. The summed E-state index contributed by atoms with van der Waals surface area (Å²) in [6, 6.07) is 3.13. The number of carboxylic acid groups (broad SMARTS) is 1. The summed E-state index contributed by atoms with van der Waals surface area (Å²) in [7, 11) is 0. The fourth-order valence-electron chi connectivity index (χ4n) is 2.20. The van der Waals surface area contributed by atoms with E-state index < -0.39 is 5.97 Å². The van der Waals surface area contributed by atoms with Gasteiger partial charge in [0.05, 0.1) is 5.56 Å². The zero-order chi connectivity index (χ0) is 12.6. The van der Waals surface area contributed by atoms with Crippen molar-refractivity contribution in [1.82, 2.24) is 4.57 Å². The van der Waals surface area contributed by atoms with Gasteiger partial charge in [0.15, 0.2) is 0 Å². The molecule has 1 N–H and O–H groups in total. The number of nitrogens with zero attached hydrogens (tertiary/aromatic N) is 1. The van der Waals surface area contributed by atoms with Crippen LogP contribution in [0, 0.1) is 0 Å². The van der Waals surface area contributed by atoms with E-state index in [1.54, 1.807) is 10.6 Å². The molecule has 4 nitrogen and oxygen atoms in total. The van der Waals surface area contributed by atoms with E-state index in [9.17, 15) is 9.59 Å². The van der Waals surface area contributed by atoms with E-state index in [0.29, 0.717) is 0 Å². The van der Waals surface area contributed by atoms with Gasteiger partial charge in [-0.25, -0.2) is 4.79 Å². The predicted octanol–water partition coefficient (Wildman–Crippen LogP) is 2.39. The minimum absolute atomic E-state index is 0.0919. The van der Waals surface area contributed by atoms with Crippen LogP contribution in [-0.2, 0) is 0 Å². The Hall–Kier alpha value is -1.58. The lowest BCUT2D eigenvalue weighted by molar-refractivity contribution is 0.0696. The predicted molar refractivity (Wildman–Crippen MR) is 64.6 cm³/mol. The Morgan fingerprint density at radius 3 is 2.47 bits per heavy atom. The molecule has 0 atom stereocenters. The van der Waals surface area contributed by atoms with Crippen molar-refractivity contribution in [2.75, 3.05) is 0 Å². The fraction of sp³-hybridized carbons (Fsp3) is 0.538. The molecule has 1 heterocycles. The lowest BCUT2D eigenvalue weighted by atomic mass is 9.91. The molecule has 1 saturated carbocycles. The molecule has 17 heavy (non-hydrogen) atoms. The molecule has 2 rings (SSSR count). The van der Waals surface area contributed by atoms with E-state index >= 15 is 0 Å². The van der Waals surface area contributed by atoms with E-state index in [2.05, 4.69) is 0 Å². The number of carbonyl (C=O) groups is 1. The highest BCUT2D eigenvalue weighted by Gasteiger charge is 2.24. The number of hydrogen-bond donors (Lipinski definition) is 1. The van der Waals surface area contributed by atoms with Gasteiger partial charge in [-0.15, -0.1) is 0 Å². The summed E-state index contributed by atoms with van der Waals surface area (Å²) in [5, 5.41) is 8.97. The van der Waals surface area contributed by atoms with Gasteiger partial charge in [0.25, 0.3) is 5.56 Å². The highest BCUT2D eigenvalue weighted by Crippen LogP contribution is 2.32. The summed E-state index contributed by atoms with van der Waals surface area (Å²) < 4.78 is 1.78. The van der Waals surface area contributed by atoms with Gasteiger partial charge in [-0.3, -0.25) is 4.79 Å². The molecule has 1 aliphatic carbocycles. The summed E-state index contributed by atoms with van der Waals surface area (Å²) >= 11 is 0. The Kier molecular flexibility index (Phi) is 3.05. The molecule has 0 bridgehead atoms. The van der Waals surface area contributed by atoms with Crippen molar-refractivity contribution in [2.24, 2.45) is 0 Å². The Bertz CT molecular complexity index is 498. The van der Waals surface area contributed by atoms with Gasteiger partial charge in [0, 0.05) is 17.8 Å². The average molecular weight is 235 g/mol. The summed E-state index contributed by atoms with van der Waals surface area (Å²) in [5.74, 6) is -0.882. The standard InChI is InChI=1S/C13H17NO3/c1-8(2)11-6-9(13(16)17)7-12(15)14(11)10-4-3-5-10/h6-8,10H,3-5H2,1-2H3,(H,16,17). The molecule has 1 fully saturated rings. The van der Waals surface area contributed by atoms with Crippen LogP contribution in [0.15, 0.2) is 16.9 Å². The lowest BCUT2D eigenvalue weighted by Crippen LogP contribution is -2.32. The first-order chi connectivity index (χ1) is 8.00. The molecule has 1 aromatic rings. The minimum atomic E-state index is -1.04. The third-order valence-electron chi connectivity index (χ3n) is 3.38. The maximum absolute atomic E-state index is 12.0. The molecule has 1 aromatic heterocycles. The quantitative estimate of drug-likeness (QED) is 0.875. The second kappa shape index (κ2) is 4.35. The Morgan fingerprint density at radius 2 is 2.06 bits per heavy atom. The van der Waals surface area contributed by atoms with Crippen LogP contribution in [0.4, 0.5) is 0 Å². The van der Waals surface area contributed by atoms with Crippen LogP contribution in [0.1, 0.15) is 61.1 Å². The SMILES string of the molecule is CC(C)c1cc(C(=O)O)cc(=O)n1C1CCC1. The number of pyridine rings is 1. The third kappa shape index (κ3) is 2.12. The van der Waals surface area contributed by atoms with Crippen LogP contribution in [-0.4, -0.2) is 15.6 Å². The van der Waals surface area contributed by atoms with Gasteiger partial charge in [-0.05, 0) is 31.2 Å². The molecule has 0 unspecified atom stereocenters. The van der Waals surface area contributed by atoms with Crippen molar-refractivity contribution in [2.45, 2.75) is 45.1 Å². The topological polar surface area (TPSA) is 59.3 Å². The Labute approximate surface area is 99.9 Å². The Balaban J connectivity index is 2.57. The second-order valence-corrected chi connectivity index (χ2v) is 4.92. The first kappa shape index (κ1) is 11.9. The molecule has 4 heteroatoms. The monoisotopic (exact) mass is 235 g/mol. The van der Waals surface area contributed by atoms with Gasteiger partial charge in [-0.1, -0.05) is 13.8 Å². The maximum Gasteiger partial charge on any atom is 0.335 e. The molecule has 0 aromatic carbocycles. The zero-order valence-electron chi connectivity index (χ0n) is 10.1. The van der Waals surface area contributed by atoms with Crippen molar-refractivity contribution >= 4 is 5.97 Å². The van der Waals surface area contributed by atoms with Crippen LogP contribution in [0.3, 0.4) is 0 Å². The number of hydrogen-bond acceptors (Lipinski definition) is 2. The molecular formula is C13H17NO3. The highest BCUT2D eigenvalue weighted by molar-refractivity contribution is 5.87. The number of carboxylic acids is 1. The molecule has 1 aliphatic rings. The number of rotatable bonds is 3. The van der Waals surface area contributed by atoms with Crippen molar-refractivity contribution < 1.29 is 9.90 Å². The third-order valence-corrected chi connectivity index (χ3v) is 3.38. The summed E-state index contributed by atoms with van der Waals surface area (Å²) in [6.07, 6.45) is 3.19.